The summed E-state index contributed by atoms with van der Waals surface area (Å²) >= 11 is 0. The Morgan fingerprint density at radius 2 is 2.00 bits per heavy atom. The molecule has 1 amide bonds. The molecule has 3 aromatic heterocycles. The van der Waals surface area contributed by atoms with E-state index in [0.717, 1.165) is 35.1 Å². The van der Waals surface area contributed by atoms with Crippen molar-refractivity contribution < 1.29 is 4.79 Å². The highest BCUT2D eigenvalue weighted by molar-refractivity contribution is 5.92. The Kier molecular flexibility index (Phi) is 4.12. The van der Waals surface area contributed by atoms with Gasteiger partial charge in [-0.15, -0.1) is 0 Å². The zero-order chi connectivity index (χ0) is 18.9. The molecule has 1 aliphatic carbocycles. The number of fused-ring (bicyclic) bond motifs is 1. The molecular weight excluding hydrogens is 352 g/mol. The normalized spacial score (nSPS) is 13.7. The summed E-state index contributed by atoms with van der Waals surface area (Å²) in [6, 6.07) is 14.0. The first-order chi connectivity index (χ1) is 13.8. The highest BCUT2D eigenvalue weighted by Crippen LogP contribution is 2.29. The number of rotatable bonds is 6. The minimum atomic E-state index is -0.0303. The third-order valence-electron chi connectivity index (χ3n) is 5.07. The molecule has 0 saturated heterocycles. The summed E-state index contributed by atoms with van der Waals surface area (Å²) in [5.41, 5.74) is 4.43. The molecule has 28 heavy (non-hydrogen) atoms. The first-order valence-corrected chi connectivity index (χ1v) is 9.42. The van der Waals surface area contributed by atoms with Crippen LogP contribution >= 0.6 is 0 Å². The fourth-order valence-electron chi connectivity index (χ4n) is 3.46. The van der Waals surface area contributed by atoms with Gasteiger partial charge in [-0.25, -0.2) is 4.98 Å². The van der Waals surface area contributed by atoms with Crippen LogP contribution in [0.25, 0.3) is 11.0 Å². The Balaban J connectivity index is 1.35. The average molecular weight is 372 g/mol. The first kappa shape index (κ1) is 16.7. The van der Waals surface area contributed by atoms with Crippen LogP contribution in [0, 0.1) is 0 Å². The molecule has 7 nitrogen and oxygen atoms in total. The van der Waals surface area contributed by atoms with E-state index in [1.807, 2.05) is 58.3 Å². The van der Waals surface area contributed by atoms with Crippen molar-refractivity contribution in [2.24, 2.45) is 0 Å². The van der Waals surface area contributed by atoms with Gasteiger partial charge in [-0.1, -0.05) is 12.1 Å². The molecule has 1 fully saturated rings. The lowest BCUT2D eigenvalue weighted by molar-refractivity contribution is 0.0724. The number of hydrogen-bond acceptors (Lipinski definition) is 4. The number of aromatic nitrogens is 5. The van der Waals surface area contributed by atoms with E-state index >= 15 is 0 Å². The lowest BCUT2D eigenvalue weighted by Crippen LogP contribution is -2.32. The minimum Gasteiger partial charge on any atom is -0.330 e. The molecule has 1 aromatic carbocycles. The number of H-pyrrole nitrogens is 1. The van der Waals surface area contributed by atoms with E-state index in [2.05, 4.69) is 20.2 Å². The fourth-order valence-corrected chi connectivity index (χ4v) is 3.46. The summed E-state index contributed by atoms with van der Waals surface area (Å²) in [6.45, 7) is 1.18. The number of carbonyl (C=O) groups is 1. The standard InChI is InChI=1S/C21H20N6O/c28-21(27(17-5-6-17)12-15-7-9-22-10-8-15)19-11-16(24-25-19)13-26-14-23-18-3-1-2-4-20(18)26/h1-4,7-11,14,17H,5-6,12-13H2,(H,24,25). The zero-order valence-corrected chi connectivity index (χ0v) is 15.3. The zero-order valence-electron chi connectivity index (χ0n) is 15.3. The SMILES string of the molecule is O=C(c1cc(Cn2cnc3ccccc32)[nH]n1)N(Cc1ccncc1)C1CC1. The maximum Gasteiger partial charge on any atom is 0.274 e. The van der Waals surface area contributed by atoms with Gasteiger partial charge in [0.1, 0.15) is 5.69 Å². The number of amides is 1. The van der Waals surface area contributed by atoms with Gasteiger partial charge in [0.25, 0.3) is 5.91 Å². The third kappa shape index (κ3) is 3.26. The maximum absolute atomic E-state index is 13.1. The number of nitrogens with zero attached hydrogens (tertiary/aromatic N) is 5. The molecule has 0 unspecified atom stereocenters. The van der Waals surface area contributed by atoms with Crippen LogP contribution in [0.15, 0.2) is 61.2 Å². The van der Waals surface area contributed by atoms with Crippen LogP contribution in [-0.4, -0.2) is 41.6 Å². The van der Waals surface area contributed by atoms with Crippen molar-refractivity contribution in [3.05, 3.63) is 78.1 Å². The van der Waals surface area contributed by atoms with Gasteiger partial charge >= 0.3 is 0 Å². The van der Waals surface area contributed by atoms with Crippen molar-refractivity contribution in [1.82, 2.24) is 29.6 Å². The first-order valence-electron chi connectivity index (χ1n) is 9.42. The number of pyridine rings is 1. The topological polar surface area (TPSA) is 79.7 Å². The fraction of sp³-hybridized carbons (Fsp3) is 0.238. The Hall–Kier alpha value is -3.48. The summed E-state index contributed by atoms with van der Waals surface area (Å²) < 4.78 is 2.05. The van der Waals surface area contributed by atoms with E-state index in [-0.39, 0.29) is 5.91 Å². The second-order valence-corrected chi connectivity index (χ2v) is 7.16. The average Bonchev–Trinajstić information content (AvgIpc) is 3.34. The van der Waals surface area contributed by atoms with E-state index in [4.69, 9.17) is 0 Å². The van der Waals surface area contributed by atoms with Crippen LogP contribution in [0.2, 0.25) is 0 Å². The number of aromatic amines is 1. The van der Waals surface area contributed by atoms with Gasteiger partial charge in [-0.2, -0.15) is 5.10 Å². The number of benzene rings is 1. The molecule has 0 radical (unpaired) electrons. The molecule has 7 heteroatoms. The van der Waals surface area contributed by atoms with Crippen molar-refractivity contribution in [2.75, 3.05) is 0 Å². The van der Waals surface area contributed by atoms with Crippen LogP contribution in [0.4, 0.5) is 0 Å². The molecule has 0 aliphatic heterocycles. The molecule has 1 saturated carbocycles. The Morgan fingerprint density at radius 1 is 1.18 bits per heavy atom. The van der Waals surface area contributed by atoms with Crippen molar-refractivity contribution in [2.45, 2.75) is 32.0 Å². The molecule has 3 heterocycles. The van der Waals surface area contributed by atoms with E-state index < -0.39 is 0 Å². The van der Waals surface area contributed by atoms with Gasteiger partial charge in [0.05, 0.1) is 29.6 Å². The molecule has 0 bridgehead atoms. The van der Waals surface area contributed by atoms with Crippen LogP contribution in [0.3, 0.4) is 0 Å². The highest BCUT2D eigenvalue weighted by atomic mass is 16.2. The highest BCUT2D eigenvalue weighted by Gasteiger charge is 2.34. The predicted octanol–water partition coefficient (Wildman–Crippen LogP) is 3.01. The van der Waals surface area contributed by atoms with Crippen LogP contribution in [0.5, 0.6) is 0 Å². The van der Waals surface area contributed by atoms with E-state index in [9.17, 15) is 4.79 Å². The van der Waals surface area contributed by atoms with Crippen molar-refractivity contribution >= 4 is 16.9 Å². The molecule has 1 aliphatic rings. The van der Waals surface area contributed by atoms with Gasteiger partial charge in [-0.05, 0) is 48.7 Å². The van der Waals surface area contributed by atoms with Crippen molar-refractivity contribution in [1.29, 1.82) is 0 Å². The summed E-state index contributed by atoms with van der Waals surface area (Å²) in [5.74, 6) is -0.0303. The smallest absolute Gasteiger partial charge is 0.274 e. The molecule has 0 atom stereocenters. The van der Waals surface area contributed by atoms with Crippen LogP contribution < -0.4 is 0 Å². The van der Waals surface area contributed by atoms with Gasteiger partial charge in [0.2, 0.25) is 0 Å². The Bertz CT molecular complexity index is 1110. The van der Waals surface area contributed by atoms with Crippen LogP contribution in [0.1, 0.15) is 34.6 Å². The largest absolute Gasteiger partial charge is 0.330 e. The molecule has 5 rings (SSSR count). The molecular formula is C21H20N6O. The van der Waals surface area contributed by atoms with Gasteiger partial charge in [0, 0.05) is 25.0 Å². The predicted molar refractivity (Wildman–Crippen MR) is 105 cm³/mol. The number of hydrogen-bond donors (Lipinski definition) is 1. The quantitative estimate of drug-likeness (QED) is 0.564. The molecule has 4 aromatic rings. The minimum absolute atomic E-state index is 0.0303. The summed E-state index contributed by atoms with van der Waals surface area (Å²) in [4.78, 5) is 23.4. The summed E-state index contributed by atoms with van der Waals surface area (Å²) in [5, 5.41) is 7.30. The number of carbonyl (C=O) groups excluding carboxylic acids is 1. The lowest BCUT2D eigenvalue weighted by atomic mass is 10.2. The maximum atomic E-state index is 13.1. The number of nitrogens with one attached hydrogen (secondary N) is 1. The van der Waals surface area contributed by atoms with E-state index in [1.54, 1.807) is 12.4 Å². The van der Waals surface area contributed by atoms with Crippen molar-refractivity contribution in [3.63, 3.8) is 0 Å². The molecule has 1 N–H and O–H groups in total. The Morgan fingerprint density at radius 3 is 2.82 bits per heavy atom. The van der Waals surface area contributed by atoms with Crippen molar-refractivity contribution in [3.8, 4) is 0 Å². The third-order valence-corrected chi connectivity index (χ3v) is 5.07. The second kappa shape index (κ2) is 6.92. The lowest BCUT2D eigenvalue weighted by Gasteiger charge is -2.21. The van der Waals surface area contributed by atoms with E-state index in [0.29, 0.717) is 24.8 Å². The van der Waals surface area contributed by atoms with Gasteiger partial charge in [0.15, 0.2) is 0 Å². The summed E-state index contributed by atoms with van der Waals surface area (Å²) in [6.07, 6.45) is 7.43. The molecule has 0 spiro atoms. The van der Waals surface area contributed by atoms with Crippen LogP contribution in [-0.2, 0) is 13.1 Å². The summed E-state index contributed by atoms with van der Waals surface area (Å²) in [7, 11) is 0. The monoisotopic (exact) mass is 372 g/mol. The number of para-hydroxylation sites is 2. The second-order valence-electron chi connectivity index (χ2n) is 7.16. The van der Waals surface area contributed by atoms with E-state index in [1.165, 1.54) is 0 Å². The van der Waals surface area contributed by atoms with Gasteiger partial charge in [-0.3, -0.25) is 14.9 Å². The Labute approximate surface area is 162 Å². The van der Waals surface area contributed by atoms with Gasteiger partial charge < -0.3 is 9.47 Å². The number of imidazole rings is 1. The molecule has 140 valence electrons.